The van der Waals surface area contributed by atoms with Gasteiger partial charge < -0.3 is 4.90 Å². The summed E-state index contributed by atoms with van der Waals surface area (Å²) in [5.41, 5.74) is 1.92. The van der Waals surface area contributed by atoms with Gasteiger partial charge in [0, 0.05) is 38.3 Å². The highest BCUT2D eigenvalue weighted by molar-refractivity contribution is 5.14. The van der Waals surface area contributed by atoms with Gasteiger partial charge in [-0.15, -0.1) is 0 Å². The molecule has 0 spiro atoms. The largest absolute Gasteiger partial charge is 0.306 e. The number of piperazine rings is 1. The van der Waals surface area contributed by atoms with Crippen LogP contribution < -0.4 is 0 Å². The van der Waals surface area contributed by atoms with Crippen molar-refractivity contribution in [2.24, 2.45) is 0 Å². The zero-order chi connectivity index (χ0) is 15.4. The van der Waals surface area contributed by atoms with Gasteiger partial charge in [-0.05, 0) is 45.0 Å². The van der Waals surface area contributed by atoms with Crippen LogP contribution in [0.2, 0.25) is 0 Å². The fourth-order valence-corrected chi connectivity index (χ4v) is 4.15. The number of hydrogen-bond donors (Lipinski definition) is 0. The number of benzene rings is 1. The zero-order valence-electron chi connectivity index (χ0n) is 14.3. The molecule has 2 heterocycles. The summed E-state index contributed by atoms with van der Waals surface area (Å²) in [5.74, 6) is 0. The quantitative estimate of drug-likeness (QED) is 0.846. The van der Waals surface area contributed by atoms with E-state index in [0.29, 0.717) is 5.54 Å². The lowest BCUT2D eigenvalue weighted by molar-refractivity contribution is -0.0106. The summed E-state index contributed by atoms with van der Waals surface area (Å²) in [6.07, 6.45) is 4.00. The van der Waals surface area contributed by atoms with Gasteiger partial charge in [-0.3, -0.25) is 9.80 Å². The molecule has 22 heavy (non-hydrogen) atoms. The van der Waals surface area contributed by atoms with Crippen molar-refractivity contribution in [3.8, 4) is 0 Å². The third-order valence-corrected chi connectivity index (χ3v) is 5.87. The minimum Gasteiger partial charge on any atom is -0.306 e. The van der Waals surface area contributed by atoms with E-state index in [4.69, 9.17) is 0 Å². The maximum absolute atomic E-state index is 2.81. The molecule has 3 rings (SSSR count). The molecule has 2 aliphatic heterocycles. The highest BCUT2D eigenvalue weighted by atomic mass is 15.3. The van der Waals surface area contributed by atoms with Crippen LogP contribution in [0.5, 0.6) is 0 Å². The normalized spacial score (nSPS) is 24.5. The Morgan fingerprint density at radius 2 is 1.55 bits per heavy atom. The first kappa shape index (κ1) is 16.0. The van der Waals surface area contributed by atoms with E-state index in [1.165, 1.54) is 64.1 Å². The second-order valence-corrected chi connectivity index (χ2v) is 7.13. The molecule has 0 N–H and O–H groups in total. The second-order valence-electron chi connectivity index (χ2n) is 7.13. The van der Waals surface area contributed by atoms with Crippen molar-refractivity contribution in [2.45, 2.75) is 38.3 Å². The Balaban J connectivity index is 1.54. The van der Waals surface area contributed by atoms with Crippen molar-refractivity contribution in [3.05, 3.63) is 35.9 Å². The number of rotatable bonds is 4. The van der Waals surface area contributed by atoms with Crippen LogP contribution in [0.3, 0.4) is 0 Å². The number of hydrogen-bond acceptors (Lipinski definition) is 3. The molecule has 0 aliphatic carbocycles. The van der Waals surface area contributed by atoms with Gasteiger partial charge >= 0.3 is 0 Å². The van der Waals surface area contributed by atoms with E-state index in [2.05, 4.69) is 59.0 Å². The van der Waals surface area contributed by atoms with Crippen molar-refractivity contribution < 1.29 is 0 Å². The SMILES string of the molecule is CCC1(N2CCN(Cc3ccccc3)CC2)CCN(C)CC1. The average Bonchev–Trinajstić information content (AvgIpc) is 2.58. The van der Waals surface area contributed by atoms with Gasteiger partial charge in [-0.2, -0.15) is 0 Å². The van der Waals surface area contributed by atoms with Gasteiger partial charge in [-0.1, -0.05) is 37.3 Å². The molecule has 0 unspecified atom stereocenters. The molecule has 0 amide bonds. The average molecular weight is 301 g/mol. The van der Waals surface area contributed by atoms with E-state index in [9.17, 15) is 0 Å². The van der Waals surface area contributed by atoms with E-state index in [1.54, 1.807) is 0 Å². The lowest BCUT2D eigenvalue weighted by Gasteiger charge is -2.51. The molecular weight excluding hydrogens is 270 g/mol. The summed E-state index contributed by atoms with van der Waals surface area (Å²) in [6.45, 7) is 10.9. The van der Waals surface area contributed by atoms with Crippen LogP contribution in [0.15, 0.2) is 30.3 Å². The van der Waals surface area contributed by atoms with E-state index in [-0.39, 0.29) is 0 Å². The van der Waals surface area contributed by atoms with Crippen LogP contribution in [0.1, 0.15) is 31.7 Å². The standard InChI is InChI=1S/C19H31N3/c1-3-19(9-11-20(2)12-10-19)22-15-13-21(14-16-22)17-18-7-5-4-6-8-18/h4-8H,3,9-17H2,1-2H3. The van der Waals surface area contributed by atoms with E-state index in [1.807, 2.05) is 0 Å². The van der Waals surface area contributed by atoms with E-state index in [0.717, 1.165) is 6.54 Å². The highest BCUT2D eigenvalue weighted by Gasteiger charge is 2.38. The van der Waals surface area contributed by atoms with Crippen LogP contribution >= 0.6 is 0 Å². The minimum absolute atomic E-state index is 0.478. The van der Waals surface area contributed by atoms with Crippen LogP contribution in [-0.4, -0.2) is 66.6 Å². The highest BCUT2D eigenvalue weighted by Crippen LogP contribution is 2.32. The Morgan fingerprint density at radius 3 is 2.14 bits per heavy atom. The van der Waals surface area contributed by atoms with Crippen LogP contribution in [0, 0.1) is 0 Å². The first-order valence-corrected chi connectivity index (χ1v) is 8.92. The van der Waals surface area contributed by atoms with Gasteiger partial charge in [0.2, 0.25) is 0 Å². The van der Waals surface area contributed by atoms with Gasteiger partial charge in [-0.25, -0.2) is 0 Å². The molecule has 1 aromatic carbocycles. The van der Waals surface area contributed by atoms with Crippen molar-refractivity contribution in [3.63, 3.8) is 0 Å². The lowest BCUT2D eigenvalue weighted by atomic mass is 9.83. The maximum atomic E-state index is 2.81. The molecule has 3 nitrogen and oxygen atoms in total. The second kappa shape index (κ2) is 7.12. The van der Waals surface area contributed by atoms with Gasteiger partial charge in [0.1, 0.15) is 0 Å². The smallest absolute Gasteiger partial charge is 0.0234 e. The van der Waals surface area contributed by atoms with Gasteiger partial charge in [0.25, 0.3) is 0 Å². The topological polar surface area (TPSA) is 9.72 Å². The Bertz CT molecular complexity index is 443. The molecule has 2 aliphatic rings. The molecule has 0 bridgehead atoms. The van der Waals surface area contributed by atoms with Gasteiger partial charge in [0.05, 0.1) is 0 Å². The first-order valence-electron chi connectivity index (χ1n) is 8.92. The summed E-state index contributed by atoms with van der Waals surface area (Å²) < 4.78 is 0. The minimum atomic E-state index is 0.478. The molecule has 1 aromatic rings. The fourth-order valence-electron chi connectivity index (χ4n) is 4.15. The monoisotopic (exact) mass is 301 g/mol. The predicted molar refractivity (Wildman–Crippen MR) is 93.0 cm³/mol. The molecular formula is C19H31N3. The molecule has 2 saturated heterocycles. The Hall–Kier alpha value is -0.900. The lowest BCUT2D eigenvalue weighted by Crippen LogP contribution is -2.60. The van der Waals surface area contributed by atoms with Crippen molar-refractivity contribution in [2.75, 3.05) is 46.3 Å². The third-order valence-electron chi connectivity index (χ3n) is 5.87. The molecule has 3 heteroatoms. The maximum Gasteiger partial charge on any atom is 0.0234 e. The fraction of sp³-hybridized carbons (Fsp3) is 0.684. The summed E-state index contributed by atoms with van der Waals surface area (Å²) in [5, 5.41) is 0. The molecule has 0 saturated carbocycles. The third kappa shape index (κ3) is 3.53. The number of piperidine rings is 1. The van der Waals surface area contributed by atoms with E-state index >= 15 is 0 Å². The molecule has 0 aromatic heterocycles. The zero-order valence-corrected chi connectivity index (χ0v) is 14.3. The number of likely N-dealkylation sites (tertiary alicyclic amines) is 1. The summed E-state index contributed by atoms with van der Waals surface area (Å²) in [6, 6.07) is 10.9. The van der Waals surface area contributed by atoms with Crippen LogP contribution in [0.4, 0.5) is 0 Å². The first-order chi connectivity index (χ1) is 10.7. The van der Waals surface area contributed by atoms with Crippen molar-refractivity contribution in [1.82, 2.24) is 14.7 Å². The Morgan fingerprint density at radius 1 is 0.909 bits per heavy atom. The predicted octanol–water partition coefficient (Wildman–Crippen LogP) is 2.68. The summed E-state index contributed by atoms with van der Waals surface area (Å²) >= 11 is 0. The van der Waals surface area contributed by atoms with Crippen molar-refractivity contribution >= 4 is 0 Å². The van der Waals surface area contributed by atoms with Crippen LogP contribution in [-0.2, 0) is 6.54 Å². The van der Waals surface area contributed by atoms with E-state index < -0.39 is 0 Å². The van der Waals surface area contributed by atoms with Gasteiger partial charge in [0.15, 0.2) is 0 Å². The van der Waals surface area contributed by atoms with Crippen molar-refractivity contribution in [1.29, 1.82) is 0 Å². The molecule has 0 radical (unpaired) electrons. The summed E-state index contributed by atoms with van der Waals surface area (Å²) in [4.78, 5) is 7.91. The Labute approximate surface area is 135 Å². The molecule has 2 fully saturated rings. The molecule has 122 valence electrons. The summed E-state index contributed by atoms with van der Waals surface area (Å²) in [7, 11) is 2.26. The molecule has 0 atom stereocenters. The van der Waals surface area contributed by atoms with Crippen LogP contribution in [0.25, 0.3) is 0 Å². The number of nitrogens with zero attached hydrogens (tertiary/aromatic N) is 3. The Kier molecular flexibility index (Phi) is 5.17.